The highest BCUT2D eigenvalue weighted by atomic mass is 16.3. The van der Waals surface area contributed by atoms with E-state index in [1.807, 2.05) is 23.2 Å². The maximum atomic E-state index is 13.0. The van der Waals surface area contributed by atoms with Crippen LogP contribution < -0.4 is 5.32 Å². The highest BCUT2D eigenvalue weighted by Gasteiger charge is 2.42. The molecule has 168 valence electrons. The summed E-state index contributed by atoms with van der Waals surface area (Å²) < 4.78 is 1.76. The van der Waals surface area contributed by atoms with Crippen molar-refractivity contribution in [1.82, 2.24) is 34.8 Å². The Kier molecular flexibility index (Phi) is 6.43. The monoisotopic (exact) mass is 439 g/mol. The Labute approximate surface area is 183 Å². The number of H-pyrrole nitrogens is 1. The number of nitrogens with zero attached hydrogens (tertiary/aromatic N) is 5. The van der Waals surface area contributed by atoms with E-state index in [2.05, 4.69) is 25.5 Å². The van der Waals surface area contributed by atoms with E-state index in [0.29, 0.717) is 30.4 Å². The normalized spacial score (nSPS) is 22.0. The molecule has 0 aromatic carbocycles. The van der Waals surface area contributed by atoms with E-state index in [0.717, 1.165) is 31.5 Å². The number of rotatable bonds is 4. The van der Waals surface area contributed by atoms with Crippen molar-refractivity contribution >= 4 is 24.1 Å². The molecule has 2 fully saturated rings. The van der Waals surface area contributed by atoms with Crippen LogP contribution in [0.25, 0.3) is 5.78 Å². The molecule has 1 saturated carbocycles. The molecule has 3 N–H and O–H groups in total. The first-order chi connectivity index (χ1) is 15.6. The van der Waals surface area contributed by atoms with Crippen LogP contribution in [0, 0.1) is 11.8 Å². The SMILES string of the molecule is O=C(Cc1ccn[nH]1)N[C@H]1CCC[C@H]2CN(C(=O)c3cn4cccnc4n3)C[C@H]21.O=CO. The number of carbonyl (C=O) groups is 3. The summed E-state index contributed by atoms with van der Waals surface area (Å²) >= 11 is 0. The van der Waals surface area contributed by atoms with Gasteiger partial charge in [-0.25, -0.2) is 9.97 Å². The summed E-state index contributed by atoms with van der Waals surface area (Å²) in [7, 11) is 0. The molecular formula is C21H25N7O4. The number of carboxylic acid groups (broad SMARTS) is 1. The first-order valence-corrected chi connectivity index (χ1v) is 10.5. The molecule has 32 heavy (non-hydrogen) atoms. The number of hydrogen-bond acceptors (Lipinski definition) is 6. The molecule has 3 atom stereocenters. The molecule has 1 aliphatic heterocycles. The lowest BCUT2D eigenvalue weighted by molar-refractivity contribution is -0.123. The van der Waals surface area contributed by atoms with Gasteiger partial charge >= 0.3 is 0 Å². The average molecular weight is 439 g/mol. The van der Waals surface area contributed by atoms with E-state index in [-0.39, 0.29) is 30.2 Å². The molecule has 4 heterocycles. The van der Waals surface area contributed by atoms with E-state index >= 15 is 0 Å². The first-order valence-electron chi connectivity index (χ1n) is 10.5. The molecule has 2 aliphatic rings. The lowest BCUT2D eigenvalue weighted by atomic mass is 9.78. The van der Waals surface area contributed by atoms with E-state index in [1.165, 1.54) is 0 Å². The second-order valence-corrected chi connectivity index (χ2v) is 8.06. The third-order valence-corrected chi connectivity index (χ3v) is 6.10. The number of hydrogen-bond donors (Lipinski definition) is 3. The average Bonchev–Trinajstić information content (AvgIpc) is 3.53. The Morgan fingerprint density at radius 1 is 1.28 bits per heavy atom. The minimum absolute atomic E-state index is 0.00361. The summed E-state index contributed by atoms with van der Waals surface area (Å²) in [6, 6.07) is 3.72. The largest absolute Gasteiger partial charge is 0.483 e. The molecule has 0 radical (unpaired) electrons. The number of aromatic nitrogens is 5. The number of amides is 2. The summed E-state index contributed by atoms with van der Waals surface area (Å²) in [5, 5.41) is 16.8. The second-order valence-electron chi connectivity index (χ2n) is 8.06. The zero-order valence-corrected chi connectivity index (χ0v) is 17.4. The minimum atomic E-state index is -0.250. The van der Waals surface area contributed by atoms with E-state index in [1.54, 1.807) is 23.0 Å². The van der Waals surface area contributed by atoms with Crippen molar-refractivity contribution in [3.63, 3.8) is 0 Å². The van der Waals surface area contributed by atoms with Crippen LogP contribution in [0.15, 0.2) is 36.9 Å². The van der Waals surface area contributed by atoms with Crippen LogP contribution in [0.5, 0.6) is 0 Å². The van der Waals surface area contributed by atoms with Crippen molar-refractivity contribution in [2.75, 3.05) is 13.1 Å². The van der Waals surface area contributed by atoms with Crippen LogP contribution in [-0.4, -0.2) is 72.0 Å². The maximum absolute atomic E-state index is 13.0. The lowest BCUT2D eigenvalue weighted by Crippen LogP contribution is -2.46. The van der Waals surface area contributed by atoms with Gasteiger partial charge in [-0.05, 0) is 30.9 Å². The van der Waals surface area contributed by atoms with Gasteiger partial charge in [-0.1, -0.05) is 6.42 Å². The van der Waals surface area contributed by atoms with Crippen LogP contribution in [0.2, 0.25) is 0 Å². The minimum Gasteiger partial charge on any atom is -0.483 e. The zero-order chi connectivity index (χ0) is 22.5. The Hall–Kier alpha value is -3.76. The third-order valence-electron chi connectivity index (χ3n) is 6.10. The van der Waals surface area contributed by atoms with Crippen molar-refractivity contribution in [1.29, 1.82) is 0 Å². The van der Waals surface area contributed by atoms with Gasteiger partial charge in [-0.2, -0.15) is 5.10 Å². The Morgan fingerprint density at radius 3 is 2.88 bits per heavy atom. The number of aromatic amines is 1. The lowest BCUT2D eigenvalue weighted by Gasteiger charge is -2.33. The highest BCUT2D eigenvalue weighted by Crippen LogP contribution is 2.37. The van der Waals surface area contributed by atoms with Crippen molar-refractivity contribution in [2.24, 2.45) is 11.8 Å². The number of carbonyl (C=O) groups excluding carboxylic acids is 2. The molecule has 1 saturated heterocycles. The molecule has 2 amide bonds. The first kappa shape index (κ1) is 21.5. The smallest absolute Gasteiger partial charge is 0.290 e. The van der Waals surface area contributed by atoms with Gasteiger partial charge in [0.2, 0.25) is 11.7 Å². The Morgan fingerprint density at radius 2 is 2.12 bits per heavy atom. The van der Waals surface area contributed by atoms with Gasteiger partial charge in [0.1, 0.15) is 5.69 Å². The quantitative estimate of drug-likeness (QED) is 0.509. The molecule has 0 spiro atoms. The molecule has 3 aromatic heterocycles. The van der Waals surface area contributed by atoms with Crippen LogP contribution in [-0.2, 0) is 16.0 Å². The standard InChI is InChI=1S/C20H23N7O2.CH2O2/c28-18(9-14-5-7-22-25-14)23-16-4-1-3-13-10-27(11-15(13)16)19(29)17-12-26-8-2-6-21-20(26)24-17;2-1-3/h2,5-8,12-13,15-16H,1,3-4,9-11H2,(H,22,25)(H,23,28);1H,(H,2,3)/t13-,15+,16-;/m0./s1. The molecule has 0 unspecified atom stereocenters. The summed E-state index contributed by atoms with van der Waals surface area (Å²) in [6.07, 6.45) is 10.3. The fraction of sp³-hybridized carbons (Fsp3) is 0.429. The zero-order valence-electron chi connectivity index (χ0n) is 17.4. The molecule has 3 aromatic rings. The van der Waals surface area contributed by atoms with E-state index in [4.69, 9.17) is 9.90 Å². The number of imidazole rings is 1. The number of likely N-dealkylation sites (tertiary alicyclic amines) is 1. The molecule has 11 nitrogen and oxygen atoms in total. The Bertz CT molecular complexity index is 1050. The maximum Gasteiger partial charge on any atom is 0.290 e. The molecule has 11 heteroatoms. The molecule has 0 bridgehead atoms. The second kappa shape index (κ2) is 9.58. The van der Waals surface area contributed by atoms with E-state index < -0.39 is 0 Å². The highest BCUT2D eigenvalue weighted by molar-refractivity contribution is 5.93. The molecule has 1 aliphatic carbocycles. The van der Waals surface area contributed by atoms with Crippen molar-refractivity contribution in [2.45, 2.75) is 31.7 Å². The van der Waals surface area contributed by atoms with Gasteiger partial charge in [0, 0.05) is 55.5 Å². The van der Waals surface area contributed by atoms with Crippen LogP contribution in [0.3, 0.4) is 0 Å². The summed E-state index contributed by atoms with van der Waals surface area (Å²) in [5.74, 6) is 1.16. The summed E-state index contributed by atoms with van der Waals surface area (Å²) in [4.78, 5) is 44.3. The van der Waals surface area contributed by atoms with Gasteiger partial charge in [-0.15, -0.1) is 0 Å². The number of fused-ring (bicyclic) bond motifs is 2. The van der Waals surface area contributed by atoms with Gasteiger partial charge in [0.15, 0.2) is 0 Å². The predicted molar refractivity (Wildman–Crippen MR) is 113 cm³/mol. The van der Waals surface area contributed by atoms with Crippen LogP contribution >= 0.6 is 0 Å². The number of nitrogens with one attached hydrogen (secondary N) is 2. The topological polar surface area (TPSA) is 146 Å². The van der Waals surface area contributed by atoms with Crippen LogP contribution in [0.1, 0.15) is 35.4 Å². The van der Waals surface area contributed by atoms with Crippen molar-refractivity contribution in [3.8, 4) is 0 Å². The van der Waals surface area contributed by atoms with E-state index in [9.17, 15) is 9.59 Å². The molecular weight excluding hydrogens is 414 g/mol. The summed E-state index contributed by atoms with van der Waals surface area (Å²) in [6.45, 7) is 1.12. The third kappa shape index (κ3) is 4.61. The van der Waals surface area contributed by atoms with Gasteiger partial charge in [0.25, 0.3) is 12.4 Å². The van der Waals surface area contributed by atoms with Crippen LogP contribution in [0.4, 0.5) is 0 Å². The Balaban J connectivity index is 0.000000775. The fourth-order valence-electron chi connectivity index (χ4n) is 4.73. The fourth-order valence-corrected chi connectivity index (χ4v) is 4.73. The van der Waals surface area contributed by atoms with Gasteiger partial charge < -0.3 is 15.3 Å². The van der Waals surface area contributed by atoms with Gasteiger partial charge in [0.05, 0.1) is 6.42 Å². The molecule has 5 rings (SSSR count). The summed E-state index contributed by atoms with van der Waals surface area (Å²) in [5.41, 5.74) is 1.22. The predicted octanol–water partition coefficient (Wildman–Crippen LogP) is 0.753. The van der Waals surface area contributed by atoms with Crippen molar-refractivity contribution < 1.29 is 19.5 Å². The van der Waals surface area contributed by atoms with Crippen molar-refractivity contribution in [3.05, 3.63) is 48.3 Å². The van der Waals surface area contributed by atoms with Gasteiger partial charge in [-0.3, -0.25) is 23.9 Å².